The van der Waals surface area contributed by atoms with Crippen molar-refractivity contribution in [1.82, 2.24) is 9.55 Å². The van der Waals surface area contributed by atoms with Gasteiger partial charge in [-0.05, 0) is 19.4 Å². The molecule has 1 heterocycles. The molecule has 1 unspecified atom stereocenters. The van der Waals surface area contributed by atoms with Crippen LogP contribution in [0, 0.1) is 0 Å². The Morgan fingerprint density at radius 3 is 2.50 bits per heavy atom. The van der Waals surface area contributed by atoms with Crippen molar-refractivity contribution in [3.8, 4) is 0 Å². The van der Waals surface area contributed by atoms with Gasteiger partial charge in [0.15, 0.2) is 11.4 Å². The van der Waals surface area contributed by atoms with E-state index in [0.29, 0.717) is 0 Å². The highest BCUT2D eigenvalue weighted by Gasteiger charge is 2.41. The number of imidazole rings is 1. The molecule has 7 heteroatoms. The number of alkyl halides is 3. The van der Waals surface area contributed by atoms with E-state index in [-0.39, 0.29) is 6.61 Å². The van der Waals surface area contributed by atoms with Crippen LogP contribution in [-0.2, 0) is 10.9 Å². The molecule has 0 bridgehead atoms. The predicted octanol–water partition coefficient (Wildman–Crippen LogP) is 3.69. The van der Waals surface area contributed by atoms with E-state index in [1.54, 1.807) is 37.3 Å². The number of aromatic nitrogens is 2. The number of carbonyl (C=O) groups excluding carboxylic acids is 1. The van der Waals surface area contributed by atoms with Gasteiger partial charge in [-0.25, -0.2) is 9.78 Å². The molecule has 0 saturated carbocycles. The normalized spacial score (nSPS) is 13.0. The second kappa shape index (κ2) is 6.21. The van der Waals surface area contributed by atoms with Gasteiger partial charge in [-0.1, -0.05) is 30.3 Å². The lowest BCUT2D eigenvalue weighted by molar-refractivity contribution is -0.141. The van der Waals surface area contributed by atoms with Gasteiger partial charge in [0, 0.05) is 0 Å². The zero-order valence-corrected chi connectivity index (χ0v) is 12.1. The van der Waals surface area contributed by atoms with Crippen LogP contribution in [-0.4, -0.2) is 22.1 Å². The molecular formula is C15H15F3N2O2. The van der Waals surface area contributed by atoms with Crippen LogP contribution in [0.25, 0.3) is 0 Å². The Kier molecular flexibility index (Phi) is 4.54. The van der Waals surface area contributed by atoms with Crippen molar-refractivity contribution >= 4 is 5.97 Å². The summed E-state index contributed by atoms with van der Waals surface area (Å²) < 4.78 is 45.1. The zero-order chi connectivity index (χ0) is 16.3. The standard InChI is InChI=1S/C15H15F3N2O2/c1-3-22-14(21)12-13(15(16,17)18)19-9-20(12)10(2)11-7-5-4-6-8-11/h4-10H,3H2,1-2H3. The highest BCUT2D eigenvalue weighted by Crippen LogP contribution is 2.33. The summed E-state index contributed by atoms with van der Waals surface area (Å²) in [6.07, 6.45) is -3.70. The topological polar surface area (TPSA) is 44.1 Å². The number of halogens is 3. The Balaban J connectivity index is 2.52. The van der Waals surface area contributed by atoms with Crippen molar-refractivity contribution in [3.05, 3.63) is 53.6 Å². The number of ether oxygens (including phenoxy) is 1. The first-order valence-corrected chi connectivity index (χ1v) is 6.72. The molecule has 1 aromatic carbocycles. The summed E-state index contributed by atoms with van der Waals surface area (Å²) in [5, 5.41) is 0. The van der Waals surface area contributed by atoms with Gasteiger partial charge in [0.25, 0.3) is 0 Å². The van der Waals surface area contributed by atoms with Crippen molar-refractivity contribution in [2.45, 2.75) is 26.1 Å². The summed E-state index contributed by atoms with van der Waals surface area (Å²) in [5.41, 5.74) is -1.04. The minimum absolute atomic E-state index is 0.0129. The molecule has 2 aromatic rings. The second-order valence-electron chi connectivity index (χ2n) is 4.65. The van der Waals surface area contributed by atoms with Gasteiger partial charge in [0.2, 0.25) is 0 Å². The van der Waals surface area contributed by atoms with E-state index < -0.39 is 29.6 Å². The predicted molar refractivity (Wildman–Crippen MR) is 73.4 cm³/mol. The Hall–Kier alpha value is -2.31. The Morgan fingerprint density at radius 1 is 1.32 bits per heavy atom. The number of hydrogen-bond acceptors (Lipinski definition) is 3. The second-order valence-corrected chi connectivity index (χ2v) is 4.65. The molecule has 118 valence electrons. The third-order valence-electron chi connectivity index (χ3n) is 3.23. The van der Waals surface area contributed by atoms with Crippen molar-refractivity contribution in [2.24, 2.45) is 0 Å². The lowest BCUT2D eigenvalue weighted by atomic mass is 10.1. The molecule has 0 radical (unpaired) electrons. The molecule has 0 aliphatic carbocycles. The third kappa shape index (κ3) is 3.13. The first kappa shape index (κ1) is 16.1. The fraction of sp³-hybridized carbons (Fsp3) is 0.333. The molecule has 2 rings (SSSR count). The summed E-state index contributed by atoms with van der Waals surface area (Å²) in [6, 6.07) is 8.41. The molecule has 22 heavy (non-hydrogen) atoms. The van der Waals surface area contributed by atoms with E-state index in [2.05, 4.69) is 4.98 Å². The molecule has 0 aliphatic rings. The quantitative estimate of drug-likeness (QED) is 0.809. The van der Waals surface area contributed by atoms with Crippen molar-refractivity contribution < 1.29 is 22.7 Å². The fourth-order valence-corrected chi connectivity index (χ4v) is 2.16. The van der Waals surface area contributed by atoms with Gasteiger partial charge in [0.05, 0.1) is 19.0 Å². The van der Waals surface area contributed by atoms with Gasteiger partial charge in [-0.3, -0.25) is 0 Å². The van der Waals surface area contributed by atoms with Gasteiger partial charge in [-0.15, -0.1) is 0 Å². The molecule has 0 spiro atoms. The Labute approximate surface area is 125 Å². The maximum Gasteiger partial charge on any atom is 0.435 e. The molecule has 0 saturated heterocycles. The van der Waals surface area contributed by atoms with Crippen LogP contribution in [0.2, 0.25) is 0 Å². The summed E-state index contributed by atoms with van der Waals surface area (Å²) in [5.74, 6) is -1.03. The van der Waals surface area contributed by atoms with E-state index in [9.17, 15) is 18.0 Å². The maximum atomic E-state index is 13.0. The molecular weight excluding hydrogens is 297 g/mol. The minimum Gasteiger partial charge on any atom is -0.461 e. The highest BCUT2D eigenvalue weighted by atomic mass is 19.4. The van der Waals surface area contributed by atoms with Crippen LogP contribution in [0.5, 0.6) is 0 Å². The number of hydrogen-bond donors (Lipinski definition) is 0. The van der Waals surface area contributed by atoms with E-state index >= 15 is 0 Å². The Bertz CT molecular complexity index is 651. The molecule has 0 N–H and O–H groups in total. The average Bonchev–Trinajstić information content (AvgIpc) is 2.92. The SMILES string of the molecule is CCOC(=O)c1c(C(F)(F)F)ncn1C(C)c1ccccc1. The van der Waals surface area contributed by atoms with E-state index in [0.717, 1.165) is 11.9 Å². The molecule has 4 nitrogen and oxygen atoms in total. The van der Waals surface area contributed by atoms with E-state index in [4.69, 9.17) is 4.74 Å². The number of carbonyl (C=O) groups is 1. The molecule has 1 atom stereocenters. The first-order chi connectivity index (χ1) is 10.4. The minimum atomic E-state index is -4.72. The van der Waals surface area contributed by atoms with Gasteiger partial charge < -0.3 is 9.30 Å². The summed E-state index contributed by atoms with van der Waals surface area (Å²) >= 11 is 0. The number of esters is 1. The van der Waals surface area contributed by atoms with Crippen LogP contribution in [0.1, 0.15) is 41.6 Å². The third-order valence-corrected chi connectivity index (χ3v) is 3.23. The van der Waals surface area contributed by atoms with Crippen molar-refractivity contribution in [1.29, 1.82) is 0 Å². The smallest absolute Gasteiger partial charge is 0.435 e. The lowest BCUT2D eigenvalue weighted by Gasteiger charge is -2.17. The highest BCUT2D eigenvalue weighted by molar-refractivity contribution is 5.89. The number of benzene rings is 1. The monoisotopic (exact) mass is 312 g/mol. The molecule has 0 aliphatic heterocycles. The van der Waals surface area contributed by atoms with Crippen LogP contribution in [0.4, 0.5) is 13.2 Å². The van der Waals surface area contributed by atoms with Crippen LogP contribution < -0.4 is 0 Å². The van der Waals surface area contributed by atoms with Gasteiger partial charge in [0.1, 0.15) is 0 Å². The van der Waals surface area contributed by atoms with E-state index in [1.807, 2.05) is 0 Å². The van der Waals surface area contributed by atoms with Gasteiger partial charge >= 0.3 is 12.1 Å². The molecule has 0 amide bonds. The summed E-state index contributed by atoms with van der Waals surface area (Å²) in [6.45, 7) is 3.22. The van der Waals surface area contributed by atoms with E-state index in [1.165, 1.54) is 11.5 Å². The van der Waals surface area contributed by atoms with Gasteiger partial charge in [-0.2, -0.15) is 13.2 Å². The zero-order valence-electron chi connectivity index (χ0n) is 12.1. The van der Waals surface area contributed by atoms with Crippen LogP contribution in [0.15, 0.2) is 36.7 Å². The average molecular weight is 312 g/mol. The van der Waals surface area contributed by atoms with Crippen molar-refractivity contribution in [3.63, 3.8) is 0 Å². The van der Waals surface area contributed by atoms with Crippen molar-refractivity contribution in [2.75, 3.05) is 6.61 Å². The van der Waals surface area contributed by atoms with Crippen LogP contribution >= 0.6 is 0 Å². The number of rotatable bonds is 4. The molecule has 0 fully saturated rings. The largest absolute Gasteiger partial charge is 0.461 e. The molecule has 1 aromatic heterocycles. The Morgan fingerprint density at radius 2 is 1.95 bits per heavy atom. The number of nitrogens with zero attached hydrogens (tertiary/aromatic N) is 2. The fourth-order valence-electron chi connectivity index (χ4n) is 2.16. The lowest BCUT2D eigenvalue weighted by Crippen LogP contribution is -2.20. The summed E-state index contributed by atoms with van der Waals surface area (Å²) in [7, 11) is 0. The summed E-state index contributed by atoms with van der Waals surface area (Å²) in [4.78, 5) is 15.3. The van der Waals surface area contributed by atoms with Crippen LogP contribution in [0.3, 0.4) is 0 Å². The maximum absolute atomic E-state index is 13.0. The first-order valence-electron chi connectivity index (χ1n) is 6.72.